The molecule has 21 fully saturated rings. The summed E-state index contributed by atoms with van der Waals surface area (Å²) in [6.07, 6.45) is 33.1. The minimum Gasteiger partial charge on any atom is -0.513 e. The van der Waals surface area contributed by atoms with Gasteiger partial charge in [0.2, 0.25) is 0 Å². The van der Waals surface area contributed by atoms with E-state index in [4.69, 9.17) is 0 Å². The summed E-state index contributed by atoms with van der Waals surface area (Å²) in [7, 11) is 25.0. The Kier molecular flexibility index (Phi) is 42.5. The Morgan fingerprint density at radius 1 is 0.296 bits per heavy atom. The molecule has 18 unspecified atom stereocenters. The second kappa shape index (κ2) is 49.3. The molecule has 0 aromatic carbocycles. The number of aliphatic hydroxyl groups is 1. The van der Waals surface area contributed by atoms with Crippen molar-refractivity contribution in [3.63, 3.8) is 0 Å². The van der Waals surface area contributed by atoms with Gasteiger partial charge in [-0.1, -0.05) is 55.5 Å². The van der Waals surface area contributed by atoms with Gasteiger partial charge in [0.25, 0.3) is 0 Å². The van der Waals surface area contributed by atoms with E-state index in [2.05, 4.69) is 385 Å². The molecule has 0 amide bonds. The molecule has 0 aliphatic carbocycles. The lowest BCUT2D eigenvalue weighted by Gasteiger charge is -2.55. The van der Waals surface area contributed by atoms with Crippen LogP contribution >= 0.6 is 0 Å². The molecule has 16 bridgehead atoms. The zero-order valence-electron chi connectivity index (χ0n) is 101. The fourth-order valence-electron chi connectivity index (χ4n) is 31.5. The highest BCUT2D eigenvalue weighted by atomic mass is 16.3. The minimum atomic E-state index is 0. The largest absolute Gasteiger partial charge is 0.513 e. The molecule has 21 heterocycles. The number of rotatable bonds is 5. The molecule has 1 spiro atoms. The van der Waals surface area contributed by atoms with Crippen LogP contribution in [0.5, 0.6) is 0 Å². The van der Waals surface area contributed by atoms with Crippen molar-refractivity contribution >= 4 is 0 Å². The second-order valence-corrected chi connectivity index (χ2v) is 61.8. The Hall–Kier alpha value is -1.22. The predicted molar refractivity (Wildman–Crippen MR) is 614 cm³/mol. The maximum Gasteiger partial charge on any atom is 0.0883 e. The maximum absolute atomic E-state index is 9.52. The number of allylic oxidation sites excluding steroid dienone is 1. The van der Waals surface area contributed by atoms with Gasteiger partial charge in [0, 0.05) is 265 Å². The standard InChI is InChI=1S/C15H30N2.3C13H26N2.C13H23NO.4C11H22N2.C10H20N2.CH4/c1-14(2,3)13-17-11-7-15(8-12-17)5-9-16(4)10-6-15;1-13(2,3)10-15-8-11-5-12(9-15)7-14(4)6-11;1-13(2,3)15(5)12-8-10-6-7-11(9-12)14(10)4;1-13(2,3)15-10-6-7-11(15)9-12(8-10)14(4)5;1-9(15)10-7-11-5-6-12(8-10)14(11)13(2,3)4;1-11(2,3)13-7-9-5-12(4)6-10(9)8-13;1-11(2,3)13-8-9-5-6-10(13)7-12(9)4;1-11(2,3)13-7-9-5-6-10(8-13)12(9)4;1-11(2,3)13-9-5-6-10(13)8-12(4)7-9;1-10(2,3)12-7-8-5-9(12)6-11(8)4;/h5-13H2,1-4H3;11-12H,5-10H2,1-4H3;2*10-12H,6-9H2,1-5H3;10-12,15H,1,5-8H2,2-4H3;4*9-10H,5-8H2,1-4H3;8-9H,5-7H2,1-4H3;1H4. The lowest BCUT2D eigenvalue weighted by atomic mass is 9.71. The third kappa shape index (κ3) is 33.9. The van der Waals surface area contributed by atoms with E-state index in [0.717, 1.165) is 121 Å². The van der Waals surface area contributed by atoms with E-state index >= 15 is 0 Å². The molecule has 1 N–H and O–H groups in total. The average molecular weight is 1990 g/mol. The highest BCUT2D eigenvalue weighted by Crippen LogP contribution is 2.48. The van der Waals surface area contributed by atoms with Crippen LogP contribution in [0.4, 0.5) is 0 Å². The fourth-order valence-corrected chi connectivity index (χ4v) is 31.5. The number of hydrogen-bond acceptors (Lipinski definition) is 20. The normalized spacial score (nSPS) is 35.5. The SMILES string of the molecule is C.C=C(O)C1CC2CCC(C1)N2C(C)(C)C.CN(C)C1CC2CCC(C1)N2C(C)(C)C.CN1C2CCC1CC(N(C)C(C)(C)C)C2.CN1C2CCC1CN(C(C)(C)C)C2.CN1CC2CC(C1)CN(CC(C)(C)C)C2.CN1CC2CC1CN2C(C)(C)C.CN1CC2CCC(C1)N2C(C)(C)C.CN1CC2CCC1CN2C(C)(C)C.CN1CC2CN(C(C)(C)C)CC2C1.CN1CCC2(CC1)CCN(CC(C)(C)C)CC2. The topological polar surface area (TPSA) is 81.8 Å². The van der Waals surface area contributed by atoms with Crippen LogP contribution in [0.1, 0.15) is 369 Å². The first kappa shape index (κ1) is 123. The summed E-state index contributed by atoms with van der Waals surface area (Å²) in [4.78, 5) is 49.5. The number of fused-ring (bicyclic) bond motifs is 18. The van der Waals surface area contributed by atoms with Gasteiger partial charge in [0.1, 0.15) is 0 Å². The Balaban J connectivity index is 0.000000162. The molecule has 21 saturated heterocycles. The number of piperidine rings is 9. The van der Waals surface area contributed by atoms with Gasteiger partial charge in [0.05, 0.1) is 5.76 Å². The van der Waals surface area contributed by atoms with E-state index in [1.54, 1.807) is 0 Å². The van der Waals surface area contributed by atoms with Gasteiger partial charge in [-0.2, -0.15) is 0 Å². The Morgan fingerprint density at radius 2 is 0.634 bits per heavy atom. The first-order valence-corrected chi connectivity index (χ1v) is 59.1. The van der Waals surface area contributed by atoms with Gasteiger partial charge in [-0.3, -0.25) is 44.1 Å². The quantitative estimate of drug-likeness (QED) is 0.265. The van der Waals surface area contributed by atoms with Gasteiger partial charge >= 0.3 is 0 Å². The molecule has 21 rings (SSSR count). The van der Waals surface area contributed by atoms with Crippen molar-refractivity contribution in [1.29, 1.82) is 0 Å². The van der Waals surface area contributed by atoms with E-state index in [-0.39, 0.29) is 13.0 Å². The predicted octanol–water partition coefficient (Wildman–Crippen LogP) is 20.3. The second-order valence-electron chi connectivity index (χ2n) is 61.8. The van der Waals surface area contributed by atoms with Gasteiger partial charge < -0.3 is 54.1 Å². The van der Waals surface area contributed by atoms with Crippen LogP contribution in [0.3, 0.4) is 0 Å². The molecule has 20 nitrogen and oxygen atoms in total. The zero-order valence-corrected chi connectivity index (χ0v) is 101. The number of likely N-dealkylation sites (N-methyl/N-ethyl adjacent to an activating group) is 4. The number of nitrogens with zero attached hydrogens (tertiary/aromatic N) is 19. The van der Waals surface area contributed by atoms with Crippen molar-refractivity contribution in [1.82, 2.24) is 93.1 Å². The van der Waals surface area contributed by atoms with Gasteiger partial charge in [-0.05, 0) is 464 Å². The van der Waals surface area contributed by atoms with E-state index in [1.807, 2.05) is 0 Å². The first-order valence-electron chi connectivity index (χ1n) is 59.1. The highest BCUT2D eigenvalue weighted by Gasteiger charge is 2.53. The number of likely N-dealkylation sites (tertiary alicyclic amines) is 10. The fraction of sp³-hybridized carbons (Fsp3) is 0.984. The lowest BCUT2D eigenvalue weighted by Crippen LogP contribution is -2.65. The van der Waals surface area contributed by atoms with Crippen LogP contribution < -0.4 is 0 Å². The monoisotopic (exact) mass is 1990 g/mol. The summed E-state index contributed by atoms with van der Waals surface area (Å²) in [6.45, 7) is 102. The lowest BCUT2D eigenvalue weighted by molar-refractivity contribution is -0.0531. The summed E-state index contributed by atoms with van der Waals surface area (Å²) in [5.41, 5.74) is 4.43. The van der Waals surface area contributed by atoms with Crippen molar-refractivity contribution in [2.75, 3.05) is 222 Å². The molecular weight excluding hydrogens is 1750 g/mol. The maximum atomic E-state index is 9.52. The third-order valence-electron chi connectivity index (χ3n) is 39.0. The molecule has 832 valence electrons. The Labute approximate surface area is 882 Å². The summed E-state index contributed by atoms with van der Waals surface area (Å²) in [5.74, 6) is 4.52. The van der Waals surface area contributed by atoms with Crippen LogP contribution in [0.2, 0.25) is 0 Å². The van der Waals surface area contributed by atoms with Gasteiger partial charge in [-0.15, -0.1) is 0 Å². The highest BCUT2D eigenvalue weighted by molar-refractivity contribution is 5.10. The van der Waals surface area contributed by atoms with Crippen LogP contribution in [0.25, 0.3) is 0 Å². The summed E-state index contributed by atoms with van der Waals surface area (Å²) in [6, 6.07) is 13.0. The molecule has 142 heavy (non-hydrogen) atoms. The van der Waals surface area contributed by atoms with Crippen LogP contribution in [0.15, 0.2) is 12.3 Å². The van der Waals surface area contributed by atoms with Crippen molar-refractivity contribution < 1.29 is 5.11 Å². The molecule has 20 heteroatoms. The zero-order chi connectivity index (χ0) is 105. The van der Waals surface area contributed by atoms with E-state index in [1.165, 1.54) is 285 Å². The van der Waals surface area contributed by atoms with Crippen LogP contribution in [-0.2, 0) is 0 Å². The van der Waals surface area contributed by atoms with E-state index in [0.29, 0.717) is 78.8 Å². The molecule has 0 aromatic rings. The molecule has 21 aliphatic rings. The third-order valence-corrected chi connectivity index (χ3v) is 39.0. The number of hydrogen-bond donors (Lipinski definition) is 1. The molecule has 21 aliphatic heterocycles. The minimum absolute atomic E-state index is 0. The first-order chi connectivity index (χ1) is 64.9. The molecule has 0 aromatic heterocycles. The summed E-state index contributed by atoms with van der Waals surface area (Å²) < 4.78 is 0. The van der Waals surface area contributed by atoms with Crippen molar-refractivity contribution in [2.45, 2.75) is 510 Å². The molecule has 18 atom stereocenters. The van der Waals surface area contributed by atoms with Gasteiger partial charge in [-0.25, -0.2) is 0 Å². The van der Waals surface area contributed by atoms with E-state index < -0.39 is 0 Å². The Morgan fingerprint density at radius 3 is 1.01 bits per heavy atom. The van der Waals surface area contributed by atoms with Crippen LogP contribution in [-0.4, -0.2) is 461 Å². The smallest absolute Gasteiger partial charge is 0.0883 e. The average Bonchev–Trinajstić information content (AvgIpc) is 1.61. The summed E-state index contributed by atoms with van der Waals surface area (Å²) in [5, 5.41) is 9.52. The van der Waals surface area contributed by atoms with Crippen molar-refractivity contribution in [3.8, 4) is 0 Å². The summed E-state index contributed by atoms with van der Waals surface area (Å²) >= 11 is 0. The molecular formula is C122H243N19O. The van der Waals surface area contributed by atoms with Gasteiger partial charge in [0.15, 0.2) is 0 Å². The number of aliphatic hydroxyl groups excluding tert-OH is 1. The molecule has 0 radical (unpaired) electrons. The van der Waals surface area contributed by atoms with Crippen LogP contribution in [0, 0.1) is 45.8 Å². The van der Waals surface area contributed by atoms with Crippen molar-refractivity contribution in [3.05, 3.63) is 12.3 Å². The van der Waals surface area contributed by atoms with E-state index in [9.17, 15) is 5.11 Å². The van der Waals surface area contributed by atoms with Crippen molar-refractivity contribution in [2.24, 2.45) is 45.8 Å². The molecule has 0 saturated carbocycles. The number of piperazine rings is 4. The Bertz CT molecular complexity index is 3620.